The Kier molecular flexibility index (Phi) is 5.83. The minimum atomic E-state index is -0.271. The van der Waals surface area contributed by atoms with Gasteiger partial charge in [-0.25, -0.2) is 0 Å². The van der Waals surface area contributed by atoms with Crippen molar-refractivity contribution >= 4 is 11.8 Å². The molecule has 2 heterocycles. The van der Waals surface area contributed by atoms with Crippen LogP contribution in [0.3, 0.4) is 0 Å². The summed E-state index contributed by atoms with van der Waals surface area (Å²) in [7, 11) is 0. The Labute approximate surface area is 161 Å². The predicted molar refractivity (Wildman–Crippen MR) is 106 cm³/mol. The molecule has 1 atom stereocenters. The average molecular weight is 367 g/mol. The highest BCUT2D eigenvalue weighted by Crippen LogP contribution is 2.35. The summed E-state index contributed by atoms with van der Waals surface area (Å²) in [4.78, 5) is 25.8. The lowest BCUT2D eigenvalue weighted by Gasteiger charge is -2.12. The highest BCUT2D eigenvalue weighted by atomic mass is 16.5. The number of benzene rings is 1. The third-order valence-corrected chi connectivity index (χ3v) is 5.20. The fourth-order valence-electron chi connectivity index (χ4n) is 3.87. The molecular weight excluding hydrogens is 338 g/mol. The van der Waals surface area contributed by atoms with Gasteiger partial charge in [-0.15, -0.1) is 0 Å². The summed E-state index contributed by atoms with van der Waals surface area (Å²) in [5, 5.41) is 0. The SMILES string of the molecule is CCCc1cc2n(c1C(=O)c1ccc(CC)cc1)CCC2C(=O)OC(C)C. The summed E-state index contributed by atoms with van der Waals surface area (Å²) in [6, 6.07) is 9.91. The molecule has 1 aromatic heterocycles. The Hall–Kier alpha value is -2.36. The van der Waals surface area contributed by atoms with Crippen LogP contribution in [0.2, 0.25) is 0 Å². The standard InChI is InChI=1S/C23H29NO3/c1-5-7-18-14-20-19(23(26)27-15(3)4)12-13-24(20)21(18)22(25)17-10-8-16(6-2)9-11-17/h8-11,14-15,19H,5-7,12-13H2,1-4H3. The fourth-order valence-corrected chi connectivity index (χ4v) is 3.87. The van der Waals surface area contributed by atoms with E-state index in [4.69, 9.17) is 4.74 Å². The van der Waals surface area contributed by atoms with Crippen LogP contribution >= 0.6 is 0 Å². The number of aryl methyl sites for hydroxylation is 2. The largest absolute Gasteiger partial charge is 0.462 e. The summed E-state index contributed by atoms with van der Waals surface area (Å²) < 4.78 is 7.48. The van der Waals surface area contributed by atoms with Gasteiger partial charge in [0.25, 0.3) is 0 Å². The van der Waals surface area contributed by atoms with Crippen molar-refractivity contribution in [3.05, 3.63) is 58.4 Å². The first-order valence-corrected chi connectivity index (χ1v) is 10.0. The molecule has 1 unspecified atom stereocenters. The molecule has 0 N–H and O–H groups in total. The van der Waals surface area contributed by atoms with Crippen molar-refractivity contribution in [1.29, 1.82) is 0 Å². The van der Waals surface area contributed by atoms with Gasteiger partial charge in [0.15, 0.2) is 0 Å². The molecule has 0 fully saturated rings. The number of esters is 1. The van der Waals surface area contributed by atoms with Gasteiger partial charge in [-0.3, -0.25) is 9.59 Å². The molecule has 144 valence electrons. The van der Waals surface area contributed by atoms with Crippen molar-refractivity contribution in [2.45, 2.75) is 71.9 Å². The number of carbonyl (C=O) groups excluding carboxylic acids is 2. The highest BCUT2D eigenvalue weighted by Gasteiger charge is 2.35. The number of hydrogen-bond acceptors (Lipinski definition) is 3. The summed E-state index contributed by atoms with van der Waals surface area (Å²) in [6.07, 6.45) is 3.31. The van der Waals surface area contributed by atoms with Gasteiger partial charge in [-0.2, -0.15) is 0 Å². The molecule has 1 aliphatic heterocycles. The first-order chi connectivity index (χ1) is 13.0. The predicted octanol–water partition coefficient (Wildman–Crippen LogP) is 4.67. The van der Waals surface area contributed by atoms with E-state index in [1.165, 1.54) is 5.56 Å². The van der Waals surface area contributed by atoms with Crippen molar-refractivity contribution < 1.29 is 14.3 Å². The van der Waals surface area contributed by atoms with Gasteiger partial charge in [0.1, 0.15) is 0 Å². The maximum atomic E-state index is 13.3. The molecule has 0 bridgehead atoms. The third kappa shape index (κ3) is 3.85. The second-order valence-electron chi connectivity index (χ2n) is 7.55. The zero-order valence-electron chi connectivity index (χ0n) is 16.7. The lowest BCUT2D eigenvalue weighted by atomic mass is 9.99. The quantitative estimate of drug-likeness (QED) is 0.528. The molecule has 0 saturated carbocycles. The van der Waals surface area contributed by atoms with Crippen LogP contribution in [0.4, 0.5) is 0 Å². The fraction of sp³-hybridized carbons (Fsp3) is 0.478. The molecule has 4 nitrogen and oxygen atoms in total. The van der Waals surface area contributed by atoms with Crippen molar-refractivity contribution in [3.8, 4) is 0 Å². The molecule has 1 aromatic carbocycles. The molecule has 0 aliphatic carbocycles. The van der Waals surface area contributed by atoms with E-state index in [1.54, 1.807) is 0 Å². The van der Waals surface area contributed by atoms with Crippen molar-refractivity contribution in [2.75, 3.05) is 0 Å². The number of carbonyl (C=O) groups is 2. The Morgan fingerprint density at radius 2 is 1.89 bits per heavy atom. The number of rotatable bonds is 7. The summed E-state index contributed by atoms with van der Waals surface area (Å²) in [5.74, 6) is -0.409. The van der Waals surface area contributed by atoms with E-state index in [1.807, 2.05) is 42.7 Å². The molecule has 0 spiro atoms. The minimum absolute atomic E-state index is 0.0465. The van der Waals surface area contributed by atoms with Gasteiger partial charge < -0.3 is 9.30 Å². The summed E-state index contributed by atoms with van der Waals surface area (Å²) in [5.41, 5.74) is 4.64. The Morgan fingerprint density at radius 1 is 1.19 bits per heavy atom. The Balaban J connectivity index is 1.97. The molecule has 0 saturated heterocycles. The van der Waals surface area contributed by atoms with Crippen molar-refractivity contribution in [2.24, 2.45) is 0 Å². The Morgan fingerprint density at radius 3 is 2.48 bits per heavy atom. The molecule has 1 aliphatic rings. The molecule has 4 heteroatoms. The van der Waals surface area contributed by atoms with Gasteiger partial charge >= 0.3 is 5.97 Å². The highest BCUT2D eigenvalue weighted by molar-refractivity contribution is 6.09. The van der Waals surface area contributed by atoms with E-state index < -0.39 is 0 Å². The lowest BCUT2D eigenvalue weighted by molar-refractivity contribution is -0.149. The number of nitrogens with zero attached hydrogens (tertiary/aromatic N) is 1. The van der Waals surface area contributed by atoms with Gasteiger partial charge in [-0.1, -0.05) is 44.5 Å². The van der Waals surface area contributed by atoms with Crippen LogP contribution in [0.5, 0.6) is 0 Å². The van der Waals surface area contributed by atoms with Gasteiger partial charge in [-0.05, 0) is 50.3 Å². The zero-order valence-corrected chi connectivity index (χ0v) is 16.7. The number of ether oxygens (including phenoxy) is 1. The minimum Gasteiger partial charge on any atom is -0.462 e. The Bertz CT molecular complexity index is 830. The smallest absolute Gasteiger partial charge is 0.315 e. The molecule has 0 amide bonds. The van der Waals surface area contributed by atoms with Crippen LogP contribution in [0.15, 0.2) is 30.3 Å². The number of hydrogen-bond donors (Lipinski definition) is 0. The van der Waals surface area contributed by atoms with Gasteiger partial charge in [0.2, 0.25) is 5.78 Å². The second kappa shape index (κ2) is 8.12. The van der Waals surface area contributed by atoms with Crippen molar-refractivity contribution in [1.82, 2.24) is 4.57 Å². The van der Waals surface area contributed by atoms with Gasteiger partial charge in [0.05, 0.1) is 17.7 Å². The van der Waals surface area contributed by atoms with Gasteiger partial charge in [0, 0.05) is 17.8 Å². The normalized spacial score (nSPS) is 15.8. The van der Waals surface area contributed by atoms with E-state index in [0.717, 1.165) is 36.2 Å². The topological polar surface area (TPSA) is 48.3 Å². The van der Waals surface area contributed by atoms with Crippen LogP contribution in [-0.4, -0.2) is 22.4 Å². The lowest BCUT2D eigenvalue weighted by Crippen LogP contribution is -2.18. The first kappa shape index (κ1) is 19.4. The van der Waals surface area contributed by atoms with E-state index in [0.29, 0.717) is 18.5 Å². The molecule has 3 rings (SSSR count). The maximum Gasteiger partial charge on any atom is 0.315 e. The average Bonchev–Trinajstić information content (AvgIpc) is 3.19. The maximum absolute atomic E-state index is 13.3. The molecular formula is C23H29NO3. The van der Waals surface area contributed by atoms with Crippen LogP contribution in [0.25, 0.3) is 0 Å². The van der Waals surface area contributed by atoms with Crippen LogP contribution in [0, 0.1) is 0 Å². The second-order valence-corrected chi connectivity index (χ2v) is 7.55. The number of aromatic nitrogens is 1. The molecule has 0 radical (unpaired) electrons. The monoisotopic (exact) mass is 367 g/mol. The van der Waals surface area contributed by atoms with E-state index in [9.17, 15) is 9.59 Å². The van der Waals surface area contributed by atoms with Crippen molar-refractivity contribution in [3.63, 3.8) is 0 Å². The number of fused-ring (bicyclic) bond motifs is 1. The number of ketones is 1. The van der Waals surface area contributed by atoms with Crippen LogP contribution < -0.4 is 0 Å². The third-order valence-electron chi connectivity index (χ3n) is 5.20. The zero-order chi connectivity index (χ0) is 19.6. The summed E-state index contributed by atoms with van der Waals surface area (Å²) in [6.45, 7) is 8.63. The van der Waals surface area contributed by atoms with Crippen LogP contribution in [-0.2, 0) is 28.9 Å². The van der Waals surface area contributed by atoms with E-state index in [-0.39, 0.29) is 23.8 Å². The van der Waals surface area contributed by atoms with Crippen LogP contribution in [0.1, 0.15) is 79.3 Å². The molecule has 27 heavy (non-hydrogen) atoms. The van der Waals surface area contributed by atoms with E-state index >= 15 is 0 Å². The summed E-state index contributed by atoms with van der Waals surface area (Å²) >= 11 is 0. The molecule has 2 aromatic rings. The first-order valence-electron chi connectivity index (χ1n) is 10.0. The van der Waals surface area contributed by atoms with E-state index in [2.05, 4.69) is 19.9 Å².